The van der Waals surface area contributed by atoms with Gasteiger partial charge in [0, 0.05) is 12.0 Å². The third kappa shape index (κ3) is 2.67. The van der Waals surface area contributed by atoms with Crippen LogP contribution in [0, 0.1) is 0 Å². The van der Waals surface area contributed by atoms with E-state index in [1.165, 1.54) is 4.70 Å². The van der Waals surface area contributed by atoms with E-state index < -0.39 is 0 Å². The molecule has 94 valence electrons. The second kappa shape index (κ2) is 5.11. The summed E-state index contributed by atoms with van der Waals surface area (Å²) < 4.78 is 1.18. The molecule has 3 aromatic rings. The van der Waals surface area contributed by atoms with E-state index >= 15 is 0 Å². The molecule has 0 aliphatic rings. The second-order valence-corrected chi connectivity index (χ2v) is 5.67. The number of carbonyl (C=O) groups excluding carboxylic acids is 1. The van der Waals surface area contributed by atoms with Crippen LogP contribution in [0.1, 0.15) is 5.56 Å². The van der Waals surface area contributed by atoms with Crippen LogP contribution in [0.4, 0.5) is 0 Å². The van der Waals surface area contributed by atoms with Crippen molar-refractivity contribution in [2.75, 3.05) is 0 Å². The van der Waals surface area contributed by atoms with Crippen LogP contribution in [0.5, 0.6) is 0 Å². The molecule has 1 aromatic heterocycles. The first-order valence-electron chi connectivity index (χ1n) is 5.85. The van der Waals surface area contributed by atoms with Crippen molar-refractivity contribution in [1.29, 1.82) is 0 Å². The van der Waals surface area contributed by atoms with Crippen LogP contribution < -0.4 is 0 Å². The van der Waals surface area contributed by atoms with Crippen LogP contribution >= 0.6 is 22.9 Å². The van der Waals surface area contributed by atoms with Crippen molar-refractivity contribution in [3.8, 4) is 10.6 Å². The van der Waals surface area contributed by atoms with Crippen molar-refractivity contribution in [3.63, 3.8) is 0 Å². The fourth-order valence-electron chi connectivity index (χ4n) is 1.92. The minimum Gasteiger partial charge on any atom is -0.281 e. The Morgan fingerprint density at radius 1 is 1.11 bits per heavy atom. The van der Waals surface area contributed by atoms with Crippen molar-refractivity contribution >= 4 is 38.4 Å². The molecule has 2 aromatic carbocycles. The van der Waals surface area contributed by atoms with Gasteiger partial charge >= 0.3 is 0 Å². The lowest BCUT2D eigenvalue weighted by Crippen LogP contribution is -1.92. The molecule has 0 unspecified atom stereocenters. The summed E-state index contributed by atoms with van der Waals surface area (Å²) in [7, 11) is 0. The summed E-state index contributed by atoms with van der Waals surface area (Å²) in [4.78, 5) is 15.4. The Morgan fingerprint density at radius 3 is 2.53 bits per heavy atom. The number of nitrogens with zero attached hydrogens (tertiary/aromatic N) is 1. The van der Waals surface area contributed by atoms with Gasteiger partial charge in [-0.2, -0.15) is 0 Å². The van der Waals surface area contributed by atoms with Crippen LogP contribution in [0.3, 0.4) is 0 Å². The Balaban J connectivity index is 1.95. The SMILES string of the molecule is O=C(Cl)Cc1ccc(-c2nc3ccccc3s2)cc1. The highest BCUT2D eigenvalue weighted by atomic mass is 35.5. The van der Waals surface area contributed by atoms with Crippen LogP contribution in [0.2, 0.25) is 0 Å². The van der Waals surface area contributed by atoms with Gasteiger partial charge < -0.3 is 0 Å². The van der Waals surface area contributed by atoms with E-state index in [4.69, 9.17) is 11.6 Å². The monoisotopic (exact) mass is 287 g/mol. The number of rotatable bonds is 3. The molecule has 0 aliphatic heterocycles. The van der Waals surface area contributed by atoms with E-state index in [0.29, 0.717) is 0 Å². The van der Waals surface area contributed by atoms with Crippen molar-refractivity contribution in [3.05, 3.63) is 54.1 Å². The molecule has 0 atom stereocenters. The standard InChI is InChI=1S/C15H10ClNOS/c16-14(18)9-10-5-7-11(8-6-10)15-17-12-3-1-2-4-13(12)19-15/h1-8H,9H2. The van der Waals surface area contributed by atoms with Crippen LogP contribution in [0.25, 0.3) is 20.8 Å². The number of hydrogen-bond donors (Lipinski definition) is 0. The summed E-state index contributed by atoms with van der Waals surface area (Å²) in [6, 6.07) is 15.9. The van der Waals surface area contributed by atoms with Gasteiger partial charge in [0.25, 0.3) is 0 Å². The van der Waals surface area contributed by atoms with Crippen molar-refractivity contribution in [2.45, 2.75) is 6.42 Å². The molecule has 3 rings (SSSR count). The highest BCUT2D eigenvalue weighted by Crippen LogP contribution is 2.30. The zero-order valence-electron chi connectivity index (χ0n) is 9.97. The van der Waals surface area contributed by atoms with E-state index in [0.717, 1.165) is 21.7 Å². The smallest absolute Gasteiger partial charge is 0.226 e. The van der Waals surface area contributed by atoms with Gasteiger partial charge in [-0.05, 0) is 29.3 Å². The minimum absolute atomic E-state index is 0.266. The number of fused-ring (bicyclic) bond motifs is 1. The number of thiazole rings is 1. The summed E-state index contributed by atoms with van der Waals surface area (Å²) in [6.07, 6.45) is 0.266. The van der Waals surface area contributed by atoms with Gasteiger partial charge in [0.2, 0.25) is 5.24 Å². The van der Waals surface area contributed by atoms with Gasteiger partial charge in [-0.15, -0.1) is 11.3 Å². The molecule has 0 spiro atoms. The lowest BCUT2D eigenvalue weighted by atomic mass is 10.1. The number of halogens is 1. The summed E-state index contributed by atoms with van der Waals surface area (Å²) in [5.74, 6) is 0. The first kappa shape index (κ1) is 12.3. The first-order valence-corrected chi connectivity index (χ1v) is 7.05. The summed E-state index contributed by atoms with van der Waals surface area (Å²) >= 11 is 7.04. The molecular formula is C15H10ClNOS. The molecule has 0 fully saturated rings. The molecular weight excluding hydrogens is 278 g/mol. The molecule has 0 saturated heterocycles. The quantitative estimate of drug-likeness (QED) is 0.673. The molecule has 1 heterocycles. The molecule has 0 saturated carbocycles. The van der Waals surface area contributed by atoms with Gasteiger partial charge in [-0.3, -0.25) is 4.79 Å². The predicted octanol–water partition coefficient (Wildman–Crippen LogP) is 4.27. The van der Waals surface area contributed by atoms with Gasteiger partial charge in [0.05, 0.1) is 10.2 Å². The van der Waals surface area contributed by atoms with E-state index in [1.54, 1.807) is 11.3 Å². The largest absolute Gasteiger partial charge is 0.281 e. The third-order valence-corrected chi connectivity index (χ3v) is 4.06. The number of para-hydroxylation sites is 1. The maximum Gasteiger partial charge on any atom is 0.226 e. The molecule has 0 N–H and O–H groups in total. The Hall–Kier alpha value is -1.71. The lowest BCUT2D eigenvalue weighted by molar-refractivity contribution is -0.111. The summed E-state index contributed by atoms with van der Waals surface area (Å²) in [6.45, 7) is 0. The Bertz CT molecular complexity index is 700. The second-order valence-electron chi connectivity index (χ2n) is 4.22. The fraction of sp³-hybridized carbons (Fsp3) is 0.0667. The van der Waals surface area contributed by atoms with Crippen molar-refractivity contribution < 1.29 is 4.79 Å². The number of hydrogen-bond acceptors (Lipinski definition) is 3. The molecule has 2 nitrogen and oxygen atoms in total. The van der Waals surface area contributed by atoms with Gasteiger partial charge in [0.15, 0.2) is 0 Å². The van der Waals surface area contributed by atoms with E-state index in [1.807, 2.05) is 42.5 Å². The normalized spacial score (nSPS) is 10.8. The average molecular weight is 288 g/mol. The summed E-state index contributed by atoms with van der Waals surface area (Å²) in [5, 5.41) is 0.651. The zero-order chi connectivity index (χ0) is 13.2. The van der Waals surface area contributed by atoms with Crippen molar-refractivity contribution in [1.82, 2.24) is 4.98 Å². The predicted molar refractivity (Wildman–Crippen MR) is 79.6 cm³/mol. The number of benzene rings is 2. The molecule has 0 amide bonds. The molecule has 4 heteroatoms. The highest BCUT2D eigenvalue weighted by molar-refractivity contribution is 7.21. The van der Waals surface area contributed by atoms with Crippen LogP contribution in [-0.2, 0) is 11.2 Å². The van der Waals surface area contributed by atoms with Gasteiger partial charge in [-0.25, -0.2) is 4.98 Å². The zero-order valence-corrected chi connectivity index (χ0v) is 11.5. The van der Waals surface area contributed by atoms with E-state index in [2.05, 4.69) is 11.1 Å². The van der Waals surface area contributed by atoms with Crippen LogP contribution in [0.15, 0.2) is 48.5 Å². The van der Waals surface area contributed by atoms with Crippen molar-refractivity contribution in [2.24, 2.45) is 0 Å². The lowest BCUT2D eigenvalue weighted by Gasteiger charge is -1.99. The maximum atomic E-state index is 10.8. The average Bonchev–Trinajstić information content (AvgIpc) is 2.82. The van der Waals surface area contributed by atoms with Gasteiger partial charge in [-0.1, -0.05) is 36.4 Å². The Kier molecular flexibility index (Phi) is 3.32. The molecule has 0 aliphatic carbocycles. The first-order chi connectivity index (χ1) is 9.22. The minimum atomic E-state index is -0.340. The summed E-state index contributed by atoms with van der Waals surface area (Å²) in [5.41, 5.74) is 3.00. The highest BCUT2D eigenvalue weighted by Gasteiger charge is 2.06. The Labute approximate surface area is 119 Å². The molecule has 19 heavy (non-hydrogen) atoms. The topological polar surface area (TPSA) is 30.0 Å². The van der Waals surface area contributed by atoms with Gasteiger partial charge in [0.1, 0.15) is 5.01 Å². The molecule has 0 bridgehead atoms. The maximum absolute atomic E-state index is 10.8. The van der Waals surface area contributed by atoms with E-state index in [9.17, 15) is 4.79 Å². The fourth-order valence-corrected chi connectivity index (χ4v) is 3.05. The molecule has 0 radical (unpaired) electrons. The third-order valence-electron chi connectivity index (χ3n) is 2.84. The van der Waals surface area contributed by atoms with E-state index in [-0.39, 0.29) is 11.7 Å². The van der Waals surface area contributed by atoms with Crippen LogP contribution in [-0.4, -0.2) is 10.2 Å². The number of aromatic nitrogens is 1. The number of carbonyl (C=O) groups is 1. The Morgan fingerprint density at radius 2 is 1.84 bits per heavy atom.